The van der Waals surface area contributed by atoms with Crippen molar-refractivity contribution in [2.45, 2.75) is 46.3 Å². The molecule has 0 radical (unpaired) electrons. The van der Waals surface area contributed by atoms with E-state index in [2.05, 4.69) is 21.4 Å². The maximum Gasteiger partial charge on any atom is 0.419 e. The van der Waals surface area contributed by atoms with Gasteiger partial charge in [-0.1, -0.05) is 40.2 Å². The average Bonchev–Trinajstić information content (AvgIpc) is 3.22. The van der Waals surface area contributed by atoms with Crippen LogP contribution in [0.15, 0.2) is 60.8 Å². The highest BCUT2D eigenvalue weighted by Crippen LogP contribution is 2.24. The maximum atomic E-state index is 13.1. The van der Waals surface area contributed by atoms with Crippen LogP contribution in [0, 0.1) is 0 Å². The third-order valence-corrected chi connectivity index (χ3v) is 5.48. The highest BCUT2D eigenvalue weighted by molar-refractivity contribution is 9.09. The average molecular weight is 570 g/mol. The second-order valence-corrected chi connectivity index (χ2v) is 10.4. The van der Waals surface area contributed by atoms with Crippen molar-refractivity contribution in [1.29, 1.82) is 0 Å². The van der Waals surface area contributed by atoms with Gasteiger partial charge in [-0.15, -0.1) is 0 Å². The number of nitrogens with one attached hydrogen (secondary N) is 1. The smallest absolute Gasteiger partial charge is 0.419 e. The molecule has 196 valence electrons. The number of alkyl halides is 1. The Morgan fingerprint density at radius 2 is 1.84 bits per heavy atom. The fourth-order valence-electron chi connectivity index (χ4n) is 3.54. The van der Waals surface area contributed by atoms with Gasteiger partial charge in [-0.2, -0.15) is 0 Å². The van der Waals surface area contributed by atoms with Gasteiger partial charge < -0.3 is 9.47 Å². The van der Waals surface area contributed by atoms with E-state index in [0.717, 1.165) is 5.39 Å². The number of para-hydroxylation sites is 1. The summed E-state index contributed by atoms with van der Waals surface area (Å²) < 4.78 is 12.5. The fourth-order valence-corrected chi connectivity index (χ4v) is 3.70. The van der Waals surface area contributed by atoms with Crippen molar-refractivity contribution in [2.75, 3.05) is 11.9 Å². The van der Waals surface area contributed by atoms with Crippen molar-refractivity contribution in [2.24, 2.45) is 0 Å². The van der Waals surface area contributed by atoms with E-state index in [9.17, 15) is 14.4 Å². The number of rotatable bonds is 7. The molecule has 0 atom stereocenters. The molecule has 2 amide bonds. The summed E-state index contributed by atoms with van der Waals surface area (Å²) in [5.74, 6) is -0.277. The van der Waals surface area contributed by atoms with Crippen molar-refractivity contribution < 1.29 is 23.9 Å². The highest BCUT2D eigenvalue weighted by Gasteiger charge is 2.21. The molecule has 3 rings (SSSR count). The first kappa shape index (κ1) is 28.0. The van der Waals surface area contributed by atoms with E-state index in [0.29, 0.717) is 34.3 Å². The van der Waals surface area contributed by atoms with Crippen LogP contribution in [-0.2, 0) is 9.53 Å². The van der Waals surface area contributed by atoms with Gasteiger partial charge in [-0.25, -0.2) is 9.80 Å². The van der Waals surface area contributed by atoms with Crippen molar-refractivity contribution in [3.05, 3.63) is 71.9 Å². The lowest BCUT2D eigenvalue weighted by atomic mass is 10.1. The first-order valence-corrected chi connectivity index (χ1v) is 13.1. The minimum absolute atomic E-state index is 0.308. The largest absolute Gasteiger partial charge is 0.493 e. The molecule has 0 bridgehead atoms. The third kappa shape index (κ3) is 7.45. The van der Waals surface area contributed by atoms with Gasteiger partial charge >= 0.3 is 6.09 Å². The van der Waals surface area contributed by atoms with Crippen LogP contribution in [0.1, 0.15) is 50.5 Å². The summed E-state index contributed by atoms with van der Waals surface area (Å²) in [6, 6.07) is 13.8. The molecule has 0 spiro atoms. The Balaban J connectivity index is 1.81. The number of hydrogen-bond acceptors (Lipinski definition) is 5. The van der Waals surface area contributed by atoms with Crippen molar-refractivity contribution in [1.82, 2.24) is 15.0 Å². The monoisotopic (exact) mass is 569 g/mol. The Morgan fingerprint density at radius 3 is 2.51 bits per heavy atom. The van der Waals surface area contributed by atoms with Gasteiger partial charge in [0, 0.05) is 40.2 Å². The standard InChI is InChI=1S/C28H32BrN3O5/c1-19(2)32(30-26(34)20-9-8-10-22(17-20)36-16-15-29)25(33)14-13-21-18-31(27(35)37-28(3,4)5)24-12-7-6-11-23(21)24/h6-14,17-19H,15-16H2,1-5H3,(H,30,34). The molecule has 0 aliphatic rings. The van der Waals surface area contributed by atoms with E-state index in [4.69, 9.17) is 9.47 Å². The quantitative estimate of drug-likeness (QED) is 0.221. The summed E-state index contributed by atoms with van der Waals surface area (Å²) in [7, 11) is 0. The zero-order valence-corrected chi connectivity index (χ0v) is 23.2. The molecule has 0 aliphatic heterocycles. The van der Waals surface area contributed by atoms with Gasteiger partial charge in [0.15, 0.2) is 0 Å². The molecule has 37 heavy (non-hydrogen) atoms. The van der Waals surface area contributed by atoms with Crippen LogP contribution in [-0.4, -0.2) is 51.1 Å². The van der Waals surface area contributed by atoms with Crippen LogP contribution in [0.3, 0.4) is 0 Å². The number of hydrazine groups is 1. The minimum Gasteiger partial charge on any atom is -0.493 e. The number of halogens is 1. The summed E-state index contributed by atoms with van der Waals surface area (Å²) in [5, 5.41) is 2.72. The number of carbonyl (C=O) groups excluding carboxylic acids is 3. The first-order chi connectivity index (χ1) is 17.5. The van der Waals surface area contributed by atoms with Crippen molar-refractivity contribution >= 4 is 50.8 Å². The normalized spacial score (nSPS) is 11.6. The summed E-state index contributed by atoms with van der Waals surface area (Å²) in [6.45, 7) is 9.48. The first-order valence-electron chi connectivity index (χ1n) is 11.9. The molecule has 0 aliphatic carbocycles. The molecule has 3 aromatic rings. The number of carbonyl (C=O) groups is 3. The molecule has 9 heteroatoms. The molecule has 8 nitrogen and oxygen atoms in total. The van der Waals surface area contributed by atoms with Gasteiger partial charge in [-0.3, -0.25) is 19.6 Å². The SMILES string of the molecule is CC(C)N(NC(=O)c1cccc(OCCBr)c1)C(=O)C=Cc1cn(C(=O)OC(C)(C)C)c2ccccc12. The molecule has 0 saturated heterocycles. The number of aromatic nitrogens is 1. The lowest BCUT2D eigenvalue weighted by Crippen LogP contribution is -2.49. The maximum absolute atomic E-state index is 13.1. The number of nitrogens with zero attached hydrogens (tertiary/aromatic N) is 2. The molecular formula is C28H32BrN3O5. The fraction of sp³-hybridized carbons (Fsp3) is 0.321. The van der Waals surface area contributed by atoms with Crippen molar-refractivity contribution in [3.63, 3.8) is 0 Å². The second-order valence-electron chi connectivity index (χ2n) is 9.59. The predicted molar refractivity (Wildman–Crippen MR) is 148 cm³/mol. The van der Waals surface area contributed by atoms with Crippen LogP contribution in [0.4, 0.5) is 4.79 Å². The van der Waals surface area contributed by atoms with Gasteiger partial charge in [0.25, 0.3) is 11.8 Å². The second kappa shape index (κ2) is 12.1. The highest BCUT2D eigenvalue weighted by atomic mass is 79.9. The van der Waals surface area contributed by atoms with Gasteiger partial charge in [0.2, 0.25) is 0 Å². The molecule has 1 aromatic heterocycles. The molecule has 1 heterocycles. The molecule has 2 aromatic carbocycles. The minimum atomic E-state index is -0.649. The van der Waals surface area contributed by atoms with Crippen molar-refractivity contribution in [3.8, 4) is 5.75 Å². The van der Waals surface area contributed by atoms with E-state index in [1.165, 1.54) is 15.7 Å². The lowest BCUT2D eigenvalue weighted by Gasteiger charge is -2.26. The Bertz CT molecular complexity index is 1310. The Labute approximate surface area is 225 Å². The van der Waals surface area contributed by atoms with Gasteiger partial charge in [0.1, 0.15) is 11.4 Å². The lowest BCUT2D eigenvalue weighted by molar-refractivity contribution is -0.130. The molecule has 0 unspecified atom stereocenters. The molecule has 0 fully saturated rings. The van der Waals surface area contributed by atoms with Crippen LogP contribution < -0.4 is 10.2 Å². The van der Waals surface area contributed by atoms with E-state index < -0.39 is 23.5 Å². The topological polar surface area (TPSA) is 89.9 Å². The number of amides is 2. The number of benzene rings is 2. The summed E-state index contributed by atoms with van der Waals surface area (Å²) in [4.78, 5) is 38.7. The molecule has 0 saturated carbocycles. The summed E-state index contributed by atoms with van der Waals surface area (Å²) >= 11 is 3.30. The van der Waals surface area contributed by atoms with Crippen LogP contribution >= 0.6 is 15.9 Å². The predicted octanol–water partition coefficient (Wildman–Crippen LogP) is 5.79. The van der Waals surface area contributed by atoms with Gasteiger partial charge in [-0.05, 0) is 65.0 Å². The van der Waals surface area contributed by atoms with Crippen LogP contribution in [0.2, 0.25) is 0 Å². The van der Waals surface area contributed by atoms with E-state index in [1.807, 2.05) is 24.3 Å². The van der Waals surface area contributed by atoms with Gasteiger partial charge in [0.05, 0.1) is 12.1 Å². The number of ether oxygens (including phenoxy) is 2. The zero-order valence-electron chi connectivity index (χ0n) is 21.7. The Hall–Kier alpha value is -3.59. The number of fused-ring (bicyclic) bond motifs is 1. The number of hydrogen-bond donors (Lipinski definition) is 1. The van der Waals surface area contributed by atoms with E-state index in [-0.39, 0.29) is 6.04 Å². The Morgan fingerprint density at radius 1 is 1.11 bits per heavy atom. The van der Waals surface area contributed by atoms with Crippen LogP contribution in [0.5, 0.6) is 5.75 Å². The van der Waals surface area contributed by atoms with E-state index in [1.54, 1.807) is 71.2 Å². The third-order valence-electron chi connectivity index (χ3n) is 5.16. The summed E-state index contributed by atoms with van der Waals surface area (Å²) in [5.41, 5.74) is 3.74. The Kier molecular flexibility index (Phi) is 9.15. The van der Waals surface area contributed by atoms with Crippen LogP contribution in [0.25, 0.3) is 17.0 Å². The zero-order chi connectivity index (χ0) is 27.2. The molecule has 1 N–H and O–H groups in total. The molecular weight excluding hydrogens is 538 g/mol. The van der Waals surface area contributed by atoms with E-state index >= 15 is 0 Å². The summed E-state index contributed by atoms with van der Waals surface area (Å²) in [6.07, 6.45) is 4.13.